The average molecular weight is 425 g/mol. The normalized spacial score (nSPS) is 15.6. The van der Waals surface area contributed by atoms with E-state index in [1.54, 1.807) is 18.3 Å². The molecular formula is C18H24N4O4S2. The number of anilines is 1. The monoisotopic (exact) mass is 424 g/mol. The van der Waals surface area contributed by atoms with Crippen LogP contribution in [0.2, 0.25) is 0 Å². The van der Waals surface area contributed by atoms with E-state index in [-0.39, 0.29) is 16.3 Å². The van der Waals surface area contributed by atoms with Gasteiger partial charge in [0.25, 0.3) is 0 Å². The van der Waals surface area contributed by atoms with E-state index >= 15 is 0 Å². The number of benzene rings is 1. The van der Waals surface area contributed by atoms with Crippen LogP contribution < -0.4 is 9.62 Å². The molecule has 1 aliphatic rings. The van der Waals surface area contributed by atoms with Crippen molar-refractivity contribution in [2.75, 3.05) is 32.1 Å². The standard InChI is InChI=1S/C18H24N4O4S2/c1-21(2)18-15(6-5-11-19-18)14-20-27(23,24)16-7-9-17(10-8-16)28(25,26)22-12-3-4-13-22/h5-11,20H,3-4,12-14H2,1-2H3. The minimum absolute atomic E-state index is 0.0168. The molecule has 0 spiro atoms. The van der Waals surface area contributed by atoms with Crippen LogP contribution in [-0.2, 0) is 26.6 Å². The number of aromatic nitrogens is 1. The third kappa shape index (κ3) is 4.35. The molecule has 1 saturated heterocycles. The van der Waals surface area contributed by atoms with Gasteiger partial charge in [-0.15, -0.1) is 0 Å². The molecule has 10 heteroatoms. The Kier molecular flexibility index (Phi) is 6.04. The van der Waals surface area contributed by atoms with Crippen LogP contribution in [0.1, 0.15) is 18.4 Å². The van der Waals surface area contributed by atoms with Crippen molar-refractivity contribution in [3.63, 3.8) is 0 Å². The number of pyridine rings is 1. The first-order chi connectivity index (χ1) is 13.2. The number of rotatable bonds is 7. The van der Waals surface area contributed by atoms with Crippen LogP contribution in [-0.4, -0.2) is 53.3 Å². The lowest BCUT2D eigenvalue weighted by Crippen LogP contribution is -2.28. The molecule has 0 unspecified atom stereocenters. The molecule has 2 aromatic rings. The molecule has 8 nitrogen and oxygen atoms in total. The molecule has 1 aliphatic heterocycles. The Hall–Kier alpha value is -2.01. The molecule has 0 amide bonds. The second-order valence-electron chi connectivity index (χ2n) is 6.79. The Bertz CT molecular complexity index is 1030. The Balaban J connectivity index is 1.76. The average Bonchev–Trinajstić information content (AvgIpc) is 3.22. The highest BCUT2D eigenvalue weighted by atomic mass is 32.2. The zero-order chi connectivity index (χ0) is 20.4. The summed E-state index contributed by atoms with van der Waals surface area (Å²) >= 11 is 0. The zero-order valence-corrected chi connectivity index (χ0v) is 17.5. The van der Waals surface area contributed by atoms with E-state index in [1.165, 1.54) is 28.6 Å². The predicted molar refractivity (Wildman–Crippen MR) is 107 cm³/mol. The third-order valence-electron chi connectivity index (χ3n) is 4.58. The van der Waals surface area contributed by atoms with E-state index in [0.29, 0.717) is 18.9 Å². The van der Waals surface area contributed by atoms with Gasteiger partial charge in [-0.3, -0.25) is 0 Å². The van der Waals surface area contributed by atoms with Gasteiger partial charge in [0, 0.05) is 45.5 Å². The molecule has 1 N–H and O–H groups in total. The Morgan fingerprint density at radius 1 is 1.00 bits per heavy atom. The van der Waals surface area contributed by atoms with Crippen molar-refractivity contribution < 1.29 is 16.8 Å². The van der Waals surface area contributed by atoms with Crippen molar-refractivity contribution in [2.24, 2.45) is 0 Å². The number of nitrogens with zero attached hydrogens (tertiary/aromatic N) is 3. The van der Waals surface area contributed by atoms with Crippen LogP contribution >= 0.6 is 0 Å². The molecular weight excluding hydrogens is 400 g/mol. The van der Waals surface area contributed by atoms with Crippen molar-refractivity contribution in [3.8, 4) is 0 Å². The van der Waals surface area contributed by atoms with Gasteiger partial charge >= 0.3 is 0 Å². The summed E-state index contributed by atoms with van der Waals surface area (Å²) in [6.45, 7) is 1.09. The Morgan fingerprint density at radius 3 is 2.21 bits per heavy atom. The fourth-order valence-electron chi connectivity index (χ4n) is 3.10. The van der Waals surface area contributed by atoms with E-state index in [9.17, 15) is 16.8 Å². The summed E-state index contributed by atoms with van der Waals surface area (Å²) in [6.07, 6.45) is 3.34. The van der Waals surface area contributed by atoms with Gasteiger partial charge in [0.05, 0.1) is 9.79 Å². The van der Waals surface area contributed by atoms with Crippen LogP contribution in [0.15, 0.2) is 52.4 Å². The molecule has 0 radical (unpaired) electrons. The van der Waals surface area contributed by atoms with Gasteiger partial charge in [-0.05, 0) is 43.2 Å². The van der Waals surface area contributed by atoms with E-state index < -0.39 is 20.0 Å². The van der Waals surface area contributed by atoms with Gasteiger partial charge in [0.1, 0.15) is 5.82 Å². The van der Waals surface area contributed by atoms with Gasteiger partial charge in [0.2, 0.25) is 20.0 Å². The fraction of sp³-hybridized carbons (Fsp3) is 0.389. The van der Waals surface area contributed by atoms with Gasteiger partial charge in [-0.2, -0.15) is 4.31 Å². The summed E-state index contributed by atoms with van der Waals surface area (Å²) < 4.78 is 54.3. The summed E-state index contributed by atoms with van der Waals surface area (Å²) in [6, 6.07) is 8.88. The van der Waals surface area contributed by atoms with E-state index in [1.807, 2.05) is 19.0 Å². The van der Waals surface area contributed by atoms with Crippen molar-refractivity contribution in [2.45, 2.75) is 29.2 Å². The van der Waals surface area contributed by atoms with E-state index in [0.717, 1.165) is 18.4 Å². The SMILES string of the molecule is CN(C)c1ncccc1CNS(=O)(=O)c1ccc(S(=O)(=O)N2CCCC2)cc1. The van der Waals surface area contributed by atoms with Gasteiger partial charge in [0.15, 0.2) is 0 Å². The molecule has 3 rings (SSSR count). The number of hydrogen-bond donors (Lipinski definition) is 1. The summed E-state index contributed by atoms with van der Waals surface area (Å²) in [5.41, 5.74) is 0.740. The first-order valence-electron chi connectivity index (χ1n) is 8.93. The quantitative estimate of drug-likeness (QED) is 0.721. The van der Waals surface area contributed by atoms with Gasteiger partial charge in [-0.1, -0.05) is 6.07 Å². The molecule has 2 heterocycles. The van der Waals surface area contributed by atoms with E-state index in [2.05, 4.69) is 9.71 Å². The summed E-state index contributed by atoms with van der Waals surface area (Å²) in [4.78, 5) is 6.18. The maximum Gasteiger partial charge on any atom is 0.243 e. The lowest BCUT2D eigenvalue weighted by atomic mass is 10.2. The first-order valence-corrected chi connectivity index (χ1v) is 11.9. The Labute approximate surface area is 166 Å². The molecule has 1 fully saturated rings. The highest BCUT2D eigenvalue weighted by Gasteiger charge is 2.27. The maximum absolute atomic E-state index is 12.6. The summed E-state index contributed by atoms with van der Waals surface area (Å²) in [7, 11) is -3.69. The van der Waals surface area contributed by atoms with Gasteiger partial charge < -0.3 is 4.90 Å². The topological polar surface area (TPSA) is 99.7 Å². The van der Waals surface area contributed by atoms with Crippen LogP contribution in [0, 0.1) is 0 Å². The largest absolute Gasteiger partial charge is 0.362 e. The number of hydrogen-bond acceptors (Lipinski definition) is 6. The second kappa shape index (κ2) is 8.16. The minimum atomic E-state index is -3.79. The van der Waals surface area contributed by atoms with Crippen molar-refractivity contribution in [1.29, 1.82) is 0 Å². The van der Waals surface area contributed by atoms with Crippen molar-refractivity contribution in [3.05, 3.63) is 48.2 Å². The Morgan fingerprint density at radius 2 is 1.61 bits per heavy atom. The van der Waals surface area contributed by atoms with Crippen molar-refractivity contribution in [1.82, 2.24) is 14.0 Å². The molecule has 0 atom stereocenters. The van der Waals surface area contributed by atoms with Crippen LogP contribution in [0.4, 0.5) is 5.82 Å². The summed E-state index contributed by atoms with van der Waals surface area (Å²) in [5.74, 6) is 0.678. The number of sulfonamides is 2. The lowest BCUT2D eigenvalue weighted by molar-refractivity contribution is 0.477. The van der Waals surface area contributed by atoms with E-state index in [4.69, 9.17) is 0 Å². The number of nitrogens with one attached hydrogen (secondary N) is 1. The van der Waals surface area contributed by atoms with Crippen LogP contribution in [0.3, 0.4) is 0 Å². The highest BCUT2D eigenvalue weighted by molar-refractivity contribution is 7.89. The lowest BCUT2D eigenvalue weighted by Gasteiger charge is -2.17. The zero-order valence-electron chi connectivity index (χ0n) is 15.9. The third-order valence-corrected chi connectivity index (χ3v) is 7.91. The first kappa shape index (κ1) is 20.7. The summed E-state index contributed by atoms with van der Waals surface area (Å²) in [5, 5.41) is 0. The minimum Gasteiger partial charge on any atom is -0.362 e. The second-order valence-corrected chi connectivity index (χ2v) is 10.5. The predicted octanol–water partition coefficient (Wildman–Crippen LogP) is 1.41. The molecule has 152 valence electrons. The smallest absolute Gasteiger partial charge is 0.243 e. The fourth-order valence-corrected chi connectivity index (χ4v) is 5.62. The maximum atomic E-state index is 12.6. The van der Waals surface area contributed by atoms with Crippen molar-refractivity contribution >= 4 is 25.9 Å². The molecule has 0 bridgehead atoms. The molecule has 1 aromatic carbocycles. The van der Waals surface area contributed by atoms with Crippen LogP contribution in [0.25, 0.3) is 0 Å². The molecule has 0 saturated carbocycles. The molecule has 0 aliphatic carbocycles. The molecule has 1 aromatic heterocycles. The highest BCUT2D eigenvalue weighted by Crippen LogP contribution is 2.22. The van der Waals surface area contributed by atoms with Gasteiger partial charge in [-0.25, -0.2) is 26.5 Å². The van der Waals surface area contributed by atoms with Crippen LogP contribution in [0.5, 0.6) is 0 Å². The molecule has 28 heavy (non-hydrogen) atoms.